The Hall–Kier alpha value is -1.40. The van der Waals surface area contributed by atoms with Crippen molar-refractivity contribution in [2.45, 2.75) is 32.3 Å². The molecule has 1 aromatic carbocycles. The van der Waals surface area contributed by atoms with Crippen molar-refractivity contribution in [3.05, 3.63) is 45.7 Å². The van der Waals surface area contributed by atoms with Gasteiger partial charge in [-0.25, -0.2) is 9.97 Å². The number of nitrogens with one attached hydrogen (secondary N) is 1. The molecule has 22 heavy (non-hydrogen) atoms. The first kappa shape index (κ1) is 17.0. The van der Waals surface area contributed by atoms with Crippen molar-refractivity contribution in [3.8, 4) is 0 Å². The first-order valence-corrected chi connectivity index (χ1v) is 8.83. The number of benzene rings is 1. The molecule has 0 aliphatic carbocycles. The largest absolute Gasteiger partial charge is 0.320 e. The van der Waals surface area contributed by atoms with Gasteiger partial charge in [0.15, 0.2) is 5.16 Å². The van der Waals surface area contributed by atoms with E-state index in [1.54, 1.807) is 18.0 Å². The van der Waals surface area contributed by atoms with Crippen LogP contribution >= 0.6 is 27.7 Å². The van der Waals surface area contributed by atoms with E-state index >= 15 is 0 Å². The maximum atomic E-state index is 12.5. The van der Waals surface area contributed by atoms with Crippen molar-refractivity contribution in [2.24, 2.45) is 0 Å². The van der Waals surface area contributed by atoms with Gasteiger partial charge in [0, 0.05) is 17.6 Å². The van der Waals surface area contributed by atoms with Gasteiger partial charge in [0.25, 0.3) is 5.91 Å². The molecule has 4 nitrogen and oxygen atoms in total. The number of halogens is 1. The molecule has 0 saturated heterocycles. The molecule has 1 amide bonds. The second-order valence-electron chi connectivity index (χ2n) is 4.97. The lowest BCUT2D eigenvalue weighted by atomic mass is 10.1. The third-order valence-electron chi connectivity index (χ3n) is 3.01. The quantitative estimate of drug-likeness (QED) is 0.608. The Balaban J connectivity index is 2.23. The standard InChI is InChI=1S/C16H18BrN3OS/c1-4-7-22-16-18-9-12(17)14(20-16)15(21)19-13-8-10(2)5-6-11(13)3/h5-6,8-9H,4,7H2,1-3H3,(H,19,21). The van der Waals surface area contributed by atoms with E-state index in [9.17, 15) is 4.79 Å². The average Bonchev–Trinajstić information content (AvgIpc) is 2.50. The van der Waals surface area contributed by atoms with Crippen LogP contribution in [0.2, 0.25) is 0 Å². The topological polar surface area (TPSA) is 54.9 Å². The van der Waals surface area contributed by atoms with Crippen molar-refractivity contribution < 1.29 is 4.79 Å². The van der Waals surface area contributed by atoms with Crippen molar-refractivity contribution in [2.75, 3.05) is 11.1 Å². The summed E-state index contributed by atoms with van der Waals surface area (Å²) < 4.78 is 0.594. The molecule has 0 unspecified atom stereocenters. The molecule has 0 radical (unpaired) electrons. The molecule has 1 N–H and O–H groups in total. The molecule has 2 rings (SSSR count). The summed E-state index contributed by atoms with van der Waals surface area (Å²) in [4.78, 5) is 21.1. The fourth-order valence-electron chi connectivity index (χ4n) is 1.83. The number of anilines is 1. The highest BCUT2D eigenvalue weighted by molar-refractivity contribution is 9.10. The normalized spacial score (nSPS) is 10.5. The van der Waals surface area contributed by atoms with Crippen LogP contribution in [0, 0.1) is 13.8 Å². The molecule has 2 aromatic rings. The predicted octanol–water partition coefficient (Wildman–Crippen LogP) is 4.61. The lowest BCUT2D eigenvalue weighted by Crippen LogP contribution is -2.16. The highest BCUT2D eigenvalue weighted by Gasteiger charge is 2.15. The van der Waals surface area contributed by atoms with Crippen LogP contribution in [0.3, 0.4) is 0 Å². The summed E-state index contributed by atoms with van der Waals surface area (Å²) in [7, 11) is 0. The van der Waals surface area contributed by atoms with E-state index in [1.165, 1.54) is 0 Å². The van der Waals surface area contributed by atoms with Gasteiger partial charge in [0.05, 0.1) is 4.47 Å². The van der Waals surface area contributed by atoms with E-state index in [0.29, 0.717) is 15.3 Å². The van der Waals surface area contributed by atoms with Gasteiger partial charge in [-0.15, -0.1) is 0 Å². The van der Waals surface area contributed by atoms with E-state index in [0.717, 1.165) is 29.0 Å². The molecule has 1 heterocycles. The van der Waals surface area contributed by atoms with Crippen LogP contribution in [0.15, 0.2) is 34.0 Å². The predicted molar refractivity (Wildman–Crippen MR) is 94.6 cm³/mol. The van der Waals surface area contributed by atoms with E-state index < -0.39 is 0 Å². The monoisotopic (exact) mass is 379 g/mol. The maximum Gasteiger partial charge on any atom is 0.275 e. The van der Waals surface area contributed by atoms with Crippen molar-refractivity contribution in [3.63, 3.8) is 0 Å². The highest BCUT2D eigenvalue weighted by Crippen LogP contribution is 2.22. The Morgan fingerprint density at radius 1 is 1.36 bits per heavy atom. The summed E-state index contributed by atoms with van der Waals surface area (Å²) in [6, 6.07) is 5.96. The number of aryl methyl sites for hydroxylation is 2. The summed E-state index contributed by atoms with van der Waals surface area (Å²) in [5.41, 5.74) is 3.28. The van der Waals surface area contributed by atoms with Gasteiger partial charge in [-0.2, -0.15) is 0 Å². The van der Waals surface area contributed by atoms with Gasteiger partial charge in [-0.3, -0.25) is 4.79 Å². The SMILES string of the molecule is CCCSc1ncc(Br)c(C(=O)Nc2cc(C)ccc2C)n1. The van der Waals surface area contributed by atoms with Crippen molar-refractivity contribution in [1.82, 2.24) is 9.97 Å². The van der Waals surface area contributed by atoms with Gasteiger partial charge in [-0.05, 0) is 53.4 Å². The lowest BCUT2D eigenvalue weighted by molar-refractivity contribution is 0.102. The van der Waals surface area contributed by atoms with E-state index in [-0.39, 0.29) is 5.91 Å². The first-order valence-electron chi connectivity index (χ1n) is 7.05. The lowest BCUT2D eigenvalue weighted by Gasteiger charge is -2.10. The summed E-state index contributed by atoms with van der Waals surface area (Å²) >= 11 is 4.90. The molecule has 0 saturated carbocycles. The molecule has 6 heteroatoms. The Kier molecular flexibility index (Phi) is 5.97. The zero-order valence-corrected chi connectivity index (χ0v) is 15.2. The summed E-state index contributed by atoms with van der Waals surface area (Å²) in [5, 5.41) is 3.54. The van der Waals surface area contributed by atoms with E-state index in [4.69, 9.17) is 0 Å². The first-order chi connectivity index (χ1) is 10.5. The Labute approximate surface area is 143 Å². The number of amides is 1. The van der Waals surface area contributed by atoms with Crippen molar-refractivity contribution >= 4 is 39.3 Å². The van der Waals surface area contributed by atoms with Gasteiger partial charge in [-0.1, -0.05) is 30.8 Å². The maximum absolute atomic E-state index is 12.5. The zero-order valence-electron chi connectivity index (χ0n) is 12.8. The van der Waals surface area contributed by atoms with Crippen LogP contribution in [0.1, 0.15) is 35.0 Å². The number of aromatic nitrogens is 2. The zero-order chi connectivity index (χ0) is 16.1. The summed E-state index contributed by atoms with van der Waals surface area (Å²) in [6.45, 7) is 6.06. The smallest absolute Gasteiger partial charge is 0.275 e. The molecule has 0 atom stereocenters. The van der Waals surface area contributed by atoms with Crippen molar-refractivity contribution in [1.29, 1.82) is 0 Å². The number of rotatable bonds is 5. The second kappa shape index (κ2) is 7.74. The second-order valence-corrected chi connectivity index (χ2v) is 6.89. The Morgan fingerprint density at radius 2 is 2.14 bits per heavy atom. The van der Waals surface area contributed by atoms with Gasteiger partial charge in [0.2, 0.25) is 0 Å². The number of carbonyl (C=O) groups is 1. The van der Waals surface area contributed by atoms with Crippen LogP contribution in [0.4, 0.5) is 5.69 Å². The molecule has 0 aliphatic heterocycles. The van der Waals surface area contributed by atoms with E-state index in [2.05, 4.69) is 38.1 Å². The molecular formula is C16H18BrN3OS. The van der Waals surface area contributed by atoms with E-state index in [1.807, 2.05) is 32.0 Å². The number of hydrogen-bond donors (Lipinski definition) is 1. The third-order valence-corrected chi connectivity index (χ3v) is 4.66. The molecule has 116 valence electrons. The number of nitrogens with zero attached hydrogens (tertiary/aromatic N) is 2. The van der Waals surface area contributed by atoms with Crippen LogP contribution < -0.4 is 5.32 Å². The molecule has 0 spiro atoms. The fourth-order valence-corrected chi connectivity index (χ4v) is 2.87. The summed E-state index contributed by atoms with van der Waals surface area (Å²) in [5.74, 6) is 0.695. The number of hydrogen-bond acceptors (Lipinski definition) is 4. The highest BCUT2D eigenvalue weighted by atomic mass is 79.9. The summed E-state index contributed by atoms with van der Waals surface area (Å²) in [6.07, 6.45) is 2.66. The van der Waals surface area contributed by atoms with Crippen LogP contribution in [-0.4, -0.2) is 21.6 Å². The molecule has 0 fully saturated rings. The number of carbonyl (C=O) groups excluding carboxylic acids is 1. The minimum Gasteiger partial charge on any atom is -0.320 e. The van der Waals surface area contributed by atoms with Gasteiger partial charge in [0.1, 0.15) is 5.69 Å². The number of thioether (sulfide) groups is 1. The van der Waals surface area contributed by atoms with Crippen LogP contribution in [-0.2, 0) is 0 Å². The molecule has 1 aromatic heterocycles. The fraction of sp³-hybridized carbons (Fsp3) is 0.312. The Morgan fingerprint density at radius 3 is 2.86 bits per heavy atom. The Bertz CT molecular complexity index is 691. The van der Waals surface area contributed by atoms with Gasteiger partial charge >= 0.3 is 0 Å². The molecular weight excluding hydrogens is 362 g/mol. The van der Waals surface area contributed by atoms with Crippen LogP contribution in [0.25, 0.3) is 0 Å². The minimum atomic E-state index is -0.235. The minimum absolute atomic E-state index is 0.235. The molecule has 0 bridgehead atoms. The molecule has 0 aliphatic rings. The average molecular weight is 380 g/mol. The third kappa shape index (κ3) is 4.30. The van der Waals surface area contributed by atoms with Crippen LogP contribution in [0.5, 0.6) is 0 Å². The van der Waals surface area contributed by atoms with Gasteiger partial charge < -0.3 is 5.32 Å².